The molecule has 1 aliphatic rings. The Morgan fingerprint density at radius 3 is 2.62 bits per heavy atom. The Morgan fingerprint density at radius 1 is 1.56 bits per heavy atom. The molecule has 1 fully saturated rings. The van der Waals surface area contributed by atoms with Gasteiger partial charge in [-0.15, -0.1) is 11.3 Å². The third kappa shape index (κ3) is 2.14. The zero-order valence-electron chi connectivity index (χ0n) is 9.53. The number of ketones is 1. The number of nitrogens with one attached hydrogen (secondary N) is 1. The third-order valence-electron chi connectivity index (χ3n) is 2.92. The van der Waals surface area contributed by atoms with Crippen molar-refractivity contribution in [3.8, 4) is 0 Å². The first-order valence-corrected chi connectivity index (χ1v) is 6.05. The highest BCUT2D eigenvalue weighted by molar-refractivity contribution is 7.14. The highest BCUT2D eigenvalue weighted by Crippen LogP contribution is 2.52. The van der Waals surface area contributed by atoms with Crippen LogP contribution in [0.2, 0.25) is 0 Å². The quantitative estimate of drug-likeness (QED) is 0.822. The maximum atomic E-state index is 11.7. The summed E-state index contributed by atoms with van der Waals surface area (Å²) >= 11 is 1.29. The van der Waals surface area contributed by atoms with Gasteiger partial charge >= 0.3 is 0 Å². The van der Waals surface area contributed by atoms with Gasteiger partial charge in [-0.1, -0.05) is 13.8 Å². The Bertz CT molecular complexity index is 451. The lowest BCUT2D eigenvalue weighted by atomic mass is 10.1. The monoisotopic (exact) mass is 238 g/mol. The van der Waals surface area contributed by atoms with Crippen LogP contribution in [0.1, 0.15) is 37.7 Å². The molecule has 0 aliphatic heterocycles. The summed E-state index contributed by atoms with van der Waals surface area (Å²) in [5, 5.41) is 4.93. The van der Waals surface area contributed by atoms with Gasteiger partial charge in [0.2, 0.25) is 5.91 Å². The minimum Gasteiger partial charge on any atom is -0.302 e. The van der Waals surface area contributed by atoms with Crippen LogP contribution in [0.5, 0.6) is 0 Å². The van der Waals surface area contributed by atoms with Gasteiger partial charge in [0.1, 0.15) is 5.69 Å². The van der Waals surface area contributed by atoms with Gasteiger partial charge in [-0.3, -0.25) is 9.59 Å². The highest BCUT2D eigenvalue weighted by Gasteiger charge is 2.50. The van der Waals surface area contributed by atoms with Crippen molar-refractivity contribution in [3.63, 3.8) is 0 Å². The predicted molar refractivity (Wildman–Crippen MR) is 62.6 cm³/mol. The van der Waals surface area contributed by atoms with E-state index in [-0.39, 0.29) is 23.0 Å². The van der Waals surface area contributed by atoms with E-state index in [9.17, 15) is 9.59 Å². The lowest BCUT2D eigenvalue weighted by Crippen LogP contribution is -2.16. The van der Waals surface area contributed by atoms with Crippen LogP contribution in [0.25, 0.3) is 0 Å². The van der Waals surface area contributed by atoms with Crippen molar-refractivity contribution in [2.24, 2.45) is 11.3 Å². The Hall–Kier alpha value is -1.23. The molecule has 1 aromatic rings. The van der Waals surface area contributed by atoms with Crippen molar-refractivity contribution >= 4 is 28.2 Å². The molecule has 16 heavy (non-hydrogen) atoms. The minimum absolute atomic E-state index is 0.00875. The molecule has 1 aromatic heterocycles. The number of nitrogens with zero attached hydrogens (tertiary/aromatic N) is 1. The van der Waals surface area contributed by atoms with Crippen LogP contribution < -0.4 is 5.32 Å². The first-order chi connectivity index (χ1) is 7.40. The van der Waals surface area contributed by atoms with Crippen LogP contribution in [-0.2, 0) is 4.79 Å². The van der Waals surface area contributed by atoms with Crippen LogP contribution >= 0.6 is 11.3 Å². The average Bonchev–Trinajstić information content (AvgIpc) is 2.62. The Kier molecular flexibility index (Phi) is 2.58. The molecule has 0 spiro atoms. The zero-order valence-corrected chi connectivity index (χ0v) is 10.4. The Labute approximate surface area is 98.1 Å². The number of thiazole rings is 1. The van der Waals surface area contributed by atoms with Gasteiger partial charge in [0.15, 0.2) is 10.9 Å². The fourth-order valence-electron chi connectivity index (χ4n) is 1.60. The van der Waals surface area contributed by atoms with Crippen molar-refractivity contribution < 1.29 is 9.59 Å². The topological polar surface area (TPSA) is 59.1 Å². The molecule has 1 unspecified atom stereocenters. The molecule has 1 N–H and O–H groups in total. The summed E-state index contributed by atoms with van der Waals surface area (Å²) in [5.41, 5.74) is 0.528. The Morgan fingerprint density at radius 2 is 2.19 bits per heavy atom. The van der Waals surface area contributed by atoms with Gasteiger partial charge in [0.25, 0.3) is 0 Å². The maximum absolute atomic E-state index is 11.7. The van der Waals surface area contributed by atoms with Crippen molar-refractivity contribution in [2.75, 3.05) is 5.32 Å². The van der Waals surface area contributed by atoms with Gasteiger partial charge in [0.05, 0.1) is 0 Å². The molecule has 1 atom stereocenters. The van der Waals surface area contributed by atoms with Gasteiger partial charge in [-0.2, -0.15) is 0 Å². The standard InChI is InChI=1S/C11H14N2O2S/c1-6(14)8-5-16-10(12-8)13-9(15)7-4-11(7,2)3/h5,7H,4H2,1-3H3,(H,12,13,15). The van der Waals surface area contributed by atoms with Crippen molar-refractivity contribution in [3.05, 3.63) is 11.1 Å². The molecular formula is C11H14N2O2S. The van der Waals surface area contributed by atoms with Gasteiger partial charge in [0, 0.05) is 18.2 Å². The molecule has 86 valence electrons. The highest BCUT2D eigenvalue weighted by atomic mass is 32.1. The summed E-state index contributed by atoms with van der Waals surface area (Å²) in [5.74, 6) is 0.00938. The van der Waals surface area contributed by atoms with Crippen LogP contribution in [0.15, 0.2) is 5.38 Å². The van der Waals surface area contributed by atoms with Crippen LogP contribution in [0.4, 0.5) is 5.13 Å². The molecule has 1 heterocycles. The molecule has 1 saturated carbocycles. The normalized spacial score (nSPS) is 21.6. The molecule has 0 saturated heterocycles. The second-order valence-electron chi connectivity index (χ2n) is 4.83. The molecule has 1 aliphatic carbocycles. The van der Waals surface area contributed by atoms with Crippen molar-refractivity contribution in [1.29, 1.82) is 0 Å². The number of anilines is 1. The zero-order chi connectivity index (χ0) is 11.9. The molecule has 4 nitrogen and oxygen atoms in total. The molecule has 0 bridgehead atoms. The van der Waals surface area contributed by atoms with E-state index in [0.717, 1.165) is 6.42 Å². The van der Waals surface area contributed by atoms with E-state index >= 15 is 0 Å². The van der Waals surface area contributed by atoms with E-state index in [2.05, 4.69) is 24.1 Å². The summed E-state index contributed by atoms with van der Waals surface area (Å²) in [7, 11) is 0. The van der Waals surface area contributed by atoms with Gasteiger partial charge in [-0.05, 0) is 11.8 Å². The van der Waals surface area contributed by atoms with Crippen molar-refractivity contribution in [2.45, 2.75) is 27.2 Å². The second kappa shape index (κ2) is 3.66. The molecule has 2 rings (SSSR count). The molecular weight excluding hydrogens is 224 g/mol. The number of rotatable bonds is 3. The smallest absolute Gasteiger partial charge is 0.229 e. The van der Waals surface area contributed by atoms with E-state index < -0.39 is 0 Å². The first-order valence-electron chi connectivity index (χ1n) is 5.17. The fourth-order valence-corrected chi connectivity index (χ4v) is 2.35. The summed E-state index contributed by atoms with van der Waals surface area (Å²) in [4.78, 5) is 26.8. The number of carbonyl (C=O) groups is 2. The number of carbonyl (C=O) groups excluding carboxylic acids is 2. The number of Topliss-reactive ketones (excluding diaryl/α,β-unsaturated/α-hetero) is 1. The van der Waals surface area contributed by atoms with E-state index in [0.29, 0.717) is 10.8 Å². The van der Waals surface area contributed by atoms with E-state index in [1.807, 2.05) is 0 Å². The molecule has 1 amide bonds. The van der Waals surface area contributed by atoms with E-state index in [4.69, 9.17) is 0 Å². The number of aromatic nitrogens is 1. The minimum atomic E-state index is -0.0801. The number of amides is 1. The molecule has 0 radical (unpaired) electrons. The largest absolute Gasteiger partial charge is 0.302 e. The predicted octanol–water partition coefficient (Wildman–Crippen LogP) is 2.33. The third-order valence-corrected chi connectivity index (χ3v) is 3.68. The fraction of sp³-hybridized carbons (Fsp3) is 0.545. The molecule has 0 aromatic carbocycles. The van der Waals surface area contributed by atoms with Crippen LogP contribution in [-0.4, -0.2) is 16.7 Å². The maximum Gasteiger partial charge on any atom is 0.229 e. The lowest BCUT2D eigenvalue weighted by Gasteiger charge is -2.02. The SMILES string of the molecule is CC(=O)c1csc(NC(=O)C2CC2(C)C)n1. The van der Waals surface area contributed by atoms with Crippen LogP contribution in [0.3, 0.4) is 0 Å². The Balaban J connectivity index is 1.99. The summed E-state index contributed by atoms with van der Waals surface area (Å²) in [6.07, 6.45) is 0.920. The van der Waals surface area contributed by atoms with Gasteiger partial charge in [-0.25, -0.2) is 4.98 Å². The summed E-state index contributed by atoms with van der Waals surface area (Å²) in [6, 6.07) is 0. The average molecular weight is 238 g/mol. The van der Waals surface area contributed by atoms with E-state index in [1.54, 1.807) is 5.38 Å². The van der Waals surface area contributed by atoms with Gasteiger partial charge < -0.3 is 5.32 Å². The van der Waals surface area contributed by atoms with E-state index in [1.165, 1.54) is 18.3 Å². The first kappa shape index (κ1) is 11.3. The van der Waals surface area contributed by atoms with Crippen molar-refractivity contribution in [1.82, 2.24) is 4.98 Å². The van der Waals surface area contributed by atoms with Crippen LogP contribution in [0, 0.1) is 11.3 Å². The summed E-state index contributed by atoms with van der Waals surface area (Å²) in [6.45, 7) is 5.60. The number of hydrogen-bond donors (Lipinski definition) is 1. The molecule has 5 heteroatoms. The lowest BCUT2D eigenvalue weighted by molar-refractivity contribution is -0.118. The summed E-state index contributed by atoms with van der Waals surface area (Å²) < 4.78 is 0. The number of hydrogen-bond acceptors (Lipinski definition) is 4. The second-order valence-corrected chi connectivity index (χ2v) is 5.69.